The number of nitrogen functional groups attached to an aromatic ring is 1. The summed E-state index contributed by atoms with van der Waals surface area (Å²) in [5.41, 5.74) is 8.92. The van der Waals surface area contributed by atoms with Gasteiger partial charge in [0.15, 0.2) is 0 Å². The third-order valence-electron chi connectivity index (χ3n) is 2.72. The Kier molecular flexibility index (Phi) is 3.51. The van der Waals surface area contributed by atoms with Crippen LogP contribution < -0.4 is 10.5 Å². The van der Waals surface area contributed by atoms with Gasteiger partial charge < -0.3 is 10.5 Å². The van der Waals surface area contributed by atoms with Gasteiger partial charge >= 0.3 is 0 Å². The molecule has 0 atom stereocenters. The first-order valence-electron chi connectivity index (χ1n) is 5.79. The number of benzene rings is 2. The highest BCUT2D eigenvalue weighted by molar-refractivity contribution is 5.41. The van der Waals surface area contributed by atoms with Crippen molar-refractivity contribution in [1.29, 1.82) is 0 Å². The summed E-state index contributed by atoms with van der Waals surface area (Å²) in [7, 11) is 0. The van der Waals surface area contributed by atoms with Crippen LogP contribution in [0.25, 0.3) is 0 Å². The molecule has 0 saturated heterocycles. The first kappa shape index (κ1) is 12.4. The van der Waals surface area contributed by atoms with Crippen molar-refractivity contribution < 1.29 is 9.13 Å². The van der Waals surface area contributed by atoms with Gasteiger partial charge in [0, 0.05) is 5.69 Å². The minimum Gasteiger partial charge on any atom is -0.489 e. The fraction of sp³-hybridized carbons (Fsp3) is 0.200. The van der Waals surface area contributed by atoms with Crippen LogP contribution in [0.5, 0.6) is 5.75 Å². The fourth-order valence-electron chi connectivity index (χ4n) is 1.78. The topological polar surface area (TPSA) is 35.2 Å². The molecule has 0 aliphatic carbocycles. The van der Waals surface area contributed by atoms with Crippen LogP contribution in [-0.2, 0) is 6.61 Å². The Labute approximate surface area is 106 Å². The average molecular weight is 245 g/mol. The van der Waals surface area contributed by atoms with Gasteiger partial charge in [-0.15, -0.1) is 0 Å². The van der Waals surface area contributed by atoms with Crippen molar-refractivity contribution in [3.05, 3.63) is 58.9 Å². The third kappa shape index (κ3) is 3.00. The van der Waals surface area contributed by atoms with Crippen LogP contribution in [0.4, 0.5) is 10.1 Å². The SMILES string of the molecule is Cc1ccc(C)c(OCc2cc(N)cc(F)c2)c1. The number of halogens is 1. The Balaban J connectivity index is 2.13. The van der Waals surface area contributed by atoms with Crippen LogP contribution in [0.1, 0.15) is 16.7 Å². The number of nitrogens with two attached hydrogens (primary N) is 1. The van der Waals surface area contributed by atoms with Crippen LogP contribution in [0.2, 0.25) is 0 Å². The Bertz CT molecular complexity index is 546. The van der Waals surface area contributed by atoms with E-state index in [1.165, 1.54) is 12.1 Å². The number of rotatable bonds is 3. The van der Waals surface area contributed by atoms with Crippen molar-refractivity contribution >= 4 is 5.69 Å². The highest BCUT2D eigenvalue weighted by Crippen LogP contribution is 2.21. The quantitative estimate of drug-likeness (QED) is 0.838. The predicted octanol–water partition coefficient (Wildman–Crippen LogP) is 3.60. The fourth-order valence-corrected chi connectivity index (χ4v) is 1.78. The van der Waals surface area contributed by atoms with E-state index in [2.05, 4.69) is 0 Å². The van der Waals surface area contributed by atoms with Crippen LogP contribution in [0, 0.1) is 19.7 Å². The number of hydrogen-bond acceptors (Lipinski definition) is 2. The maximum atomic E-state index is 13.2. The molecule has 0 heterocycles. The van der Waals surface area contributed by atoms with Crippen molar-refractivity contribution in [3.8, 4) is 5.75 Å². The molecule has 0 saturated carbocycles. The molecule has 0 amide bonds. The summed E-state index contributed by atoms with van der Waals surface area (Å²) >= 11 is 0. The third-order valence-corrected chi connectivity index (χ3v) is 2.72. The molecule has 2 nitrogen and oxygen atoms in total. The zero-order chi connectivity index (χ0) is 13.1. The van der Waals surface area contributed by atoms with Crippen molar-refractivity contribution in [2.75, 3.05) is 5.73 Å². The Morgan fingerprint density at radius 1 is 1.11 bits per heavy atom. The zero-order valence-electron chi connectivity index (χ0n) is 10.5. The van der Waals surface area contributed by atoms with Gasteiger partial charge in [-0.2, -0.15) is 0 Å². The summed E-state index contributed by atoms with van der Waals surface area (Å²) in [6.07, 6.45) is 0. The standard InChI is InChI=1S/C15H16FNO/c1-10-3-4-11(2)15(5-10)18-9-12-6-13(16)8-14(17)7-12/h3-8H,9,17H2,1-2H3. The molecule has 3 heteroatoms. The Hall–Kier alpha value is -2.03. The smallest absolute Gasteiger partial charge is 0.125 e. The Morgan fingerprint density at radius 3 is 2.61 bits per heavy atom. The van der Waals surface area contributed by atoms with Crippen LogP contribution in [0.3, 0.4) is 0 Å². The summed E-state index contributed by atoms with van der Waals surface area (Å²) in [5, 5.41) is 0. The second-order valence-corrected chi connectivity index (χ2v) is 4.45. The summed E-state index contributed by atoms with van der Waals surface area (Å²) in [6.45, 7) is 4.30. The van der Waals surface area contributed by atoms with Crippen LogP contribution in [0.15, 0.2) is 36.4 Å². The molecule has 0 radical (unpaired) electrons. The van der Waals surface area contributed by atoms with Crippen molar-refractivity contribution in [2.45, 2.75) is 20.5 Å². The van der Waals surface area contributed by atoms with E-state index >= 15 is 0 Å². The van der Waals surface area contributed by atoms with Gasteiger partial charge in [-0.05, 0) is 54.8 Å². The molecule has 0 aliphatic heterocycles. The van der Waals surface area contributed by atoms with E-state index in [0.29, 0.717) is 12.3 Å². The van der Waals surface area contributed by atoms with Gasteiger partial charge in [-0.3, -0.25) is 0 Å². The van der Waals surface area contributed by atoms with E-state index < -0.39 is 0 Å². The van der Waals surface area contributed by atoms with Gasteiger partial charge in [-0.25, -0.2) is 4.39 Å². The zero-order valence-corrected chi connectivity index (χ0v) is 10.5. The lowest BCUT2D eigenvalue weighted by atomic mass is 10.1. The van der Waals surface area contributed by atoms with Gasteiger partial charge in [0.25, 0.3) is 0 Å². The van der Waals surface area contributed by atoms with Gasteiger partial charge in [0.1, 0.15) is 18.2 Å². The Morgan fingerprint density at radius 2 is 1.89 bits per heavy atom. The molecule has 0 aromatic heterocycles. The predicted molar refractivity (Wildman–Crippen MR) is 71.1 cm³/mol. The highest BCUT2D eigenvalue weighted by atomic mass is 19.1. The molecule has 0 spiro atoms. The van der Waals surface area contributed by atoms with Gasteiger partial charge in [-0.1, -0.05) is 12.1 Å². The molecule has 0 bridgehead atoms. The maximum absolute atomic E-state index is 13.2. The minimum absolute atomic E-state index is 0.312. The molecular weight excluding hydrogens is 229 g/mol. The largest absolute Gasteiger partial charge is 0.489 e. The van der Waals surface area contributed by atoms with E-state index in [-0.39, 0.29) is 5.82 Å². The highest BCUT2D eigenvalue weighted by Gasteiger charge is 2.03. The summed E-state index contributed by atoms with van der Waals surface area (Å²) in [5.74, 6) is 0.479. The lowest BCUT2D eigenvalue weighted by Crippen LogP contribution is -1.99. The lowest BCUT2D eigenvalue weighted by molar-refractivity contribution is 0.303. The average Bonchev–Trinajstić information content (AvgIpc) is 2.29. The molecule has 2 rings (SSSR count). The second kappa shape index (κ2) is 5.08. The summed E-state index contributed by atoms with van der Waals surface area (Å²) < 4.78 is 18.9. The van der Waals surface area contributed by atoms with Crippen molar-refractivity contribution in [3.63, 3.8) is 0 Å². The summed E-state index contributed by atoms with van der Waals surface area (Å²) in [6, 6.07) is 10.4. The maximum Gasteiger partial charge on any atom is 0.125 e. The minimum atomic E-state index is -0.338. The number of ether oxygens (including phenoxy) is 1. The summed E-state index contributed by atoms with van der Waals surface area (Å²) in [4.78, 5) is 0. The van der Waals surface area contributed by atoms with Gasteiger partial charge in [0.05, 0.1) is 0 Å². The first-order valence-corrected chi connectivity index (χ1v) is 5.79. The molecular formula is C15H16FNO. The molecule has 2 aromatic rings. The molecule has 0 unspecified atom stereocenters. The lowest BCUT2D eigenvalue weighted by Gasteiger charge is -2.10. The van der Waals surface area contributed by atoms with E-state index in [1.807, 2.05) is 32.0 Å². The van der Waals surface area contributed by atoms with E-state index in [4.69, 9.17) is 10.5 Å². The monoisotopic (exact) mass is 245 g/mol. The van der Waals surface area contributed by atoms with Crippen LogP contribution >= 0.6 is 0 Å². The molecule has 0 aliphatic rings. The van der Waals surface area contributed by atoms with E-state index in [9.17, 15) is 4.39 Å². The van der Waals surface area contributed by atoms with E-state index in [0.717, 1.165) is 22.4 Å². The molecule has 18 heavy (non-hydrogen) atoms. The first-order chi connectivity index (χ1) is 8.54. The van der Waals surface area contributed by atoms with E-state index in [1.54, 1.807) is 6.07 Å². The molecule has 0 fully saturated rings. The van der Waals surface area contributed by atoms with Crippen LogP contribution in [-0.4, -0.2) is 0 Å². The molecule has 94 valence electrons. The number of aryl methyl sites for hydroxylation is 2. The van der Waals surface area contributed by atoms with Crippen molar-refractivity contribution in [2.24, 2.45) is 0 Å². The normalized spacial score (nSPS) is 10.4. The van der Waals surface area contributed by atoms with Crippen molar-refractivity contribution in [1.82, 2.24) is 0 Å². The second-order valence-electron chi connectivity index (χ2n) is 4.45. The number of anilines is 1. The molecule has 2 N–H and O–H groups in total. The molecule has 2 aromatic carbocycles. The van der Waals surface area contributed by atoms with Gasteiger partial charge in [0.2, 0.25) is 0 Å². The number of hydrogen-bond donors (Lipinski definition) is 1.